The van der Waals surface area contributed by atoms with Gasteiger partial charge in [0.15, 0.2) is 0 Å². The van der Waals surface area contributed by atoms with Gasteiger partial charge in [-0.15, -0.1) is 0 Å². The lowest BCUT2D eigenvalue weighted by atomic mass is 9.95. The summed E-state index contributed by atoms with van der Waals surface area (Å²) in [5.74, 6) is 0.829. The van der Waals surface area contributed by atoms with Gasteiger partial charge >= 0.3 is 0 Å². The quantitative estimate of drug-likeness (QED) is 0.905. The summed E-state index contributed by atoms with van der Waals surface area (Å²) in [6.07, 6.45) is 6.59. The highest BCUT2D eigenvalue weighted by molar-refractivity contribution is 5.00. The smallest absolute Gasteiger partial charge is 0.0951 e. The molecule has 21 heavy (non-hydrogen) atoms. The number of hydrogen-bond donors (Lipinski definition) is 1. The fraction of sp³-hybridized carbons (Fsp3) is 0.824. The minimum atomic E-state index is 0.237. The van der Waals surface area contributed by atoms with Crippen LogP contribution in [0, 0.1) is 5.92 Å². The molecule has 0 saturated carbocycles. The standard InChI is InChI=1S/C17H32N4/c1-14(2)21-13-18-11-16(21)12-20-8-6-15(7-9-20)10-19-17(3,4)5/h11,13-15,19H,6-10,12H2,1-5H3. The topological polar surface area (TPSA) is 33.1 Å². The molecule has 0 atom stereocenters. The summed E-state index contributed by atoms with van der Waals surface area (Å²) in [4.78, 5) is 6.88. The van der Waals surface area contributed by atoms with Crippen LogP contribution in [0.3, 0.4) is 0 Å². The van der Waals surface area contributed by atoms with Crippen molar-refractivity contribution >= 4 is 0 Å². The fourth-order valence-corrected chi connectivity index (χ4v) is 2.95. The Labute approximate surface area is 129 Å². The van der Waals surface area contributed by atoms with Gasteiger partial charge in [0.05, 0.1) is 12.0 Å². The Bertz CT molecular complexity index is 422. The van der Waals surface area contributed by atoms with E-state index in [0.717, 1.165) is 19.0 Å². The van der Waals surface area contributed by atoms with E-state index in [-0.39, 0.29) is 5.54 Å². The van der Waals surface area contributed by atoms with Gasteiger partial charge in [-0.2, -0.15) is 0 Å². The Hall–Kier alpha value is -0.870. The average molecular weight is 292 g/mol. The molecule has 4 nitrogen and oxygen atoms in total. The molecule has 1 saturated heterocycles. The lowest BCUT2D eigenvalue weighted by molar-refractivity contribution is 0.166. The molecule has 1 aliphatic rings. The summed E-state index contributed by atoms with van der Waals surface area (Å²) >= 11 is 0. The zero-order chi connectivity index (χ0) is 15.5. The highest BCUT2D eigenvalue weighted by Crippen LogP contribution is 2.20. The molecule has 0 spiro atoms. The van der Waals surface area contributed by atoms with Crippen molar-refractivity contribution in [1.82, 2.24) is 19.8 Å². The van der Waals surface area contributed by atoms with Crippen molar-refractivity contribution in [2.75, 3.05) is 19.6 Å². The maximum atomic E-state index is 4.31. The number of likely N-dealkylation sites (tertiary alicyclic amines) is 1. The molecule has 120 valence electrons. The molecule has 2 heterocycles. The van der Waals surface area contributed by atoms with Gasteiger partial charge < -0.3 is 9.88 Å². The molecule has 0 unspecified atom stereocenters. The van der Waals surface area contributed by atoms with Crippen LogP contribution in [0.1, 0.15) is 59.2 Å². The Morgan fingerprint density at radius 2 is 1.95 bits per heavy atom. The number of rotatable bonds is 5. The van der Waals surface area contributed by atoms with Gasteiger partial charge in [-0.1, -0.05) is 0 Å². The molecule has 0 bridgehead atoms. The Morgan fingerprint density at radius 3 is 2.52 bits per heavy atom. The molecule has 1 N–H and O–H groups in total. The molecule has 1 aromatic heterocycles. The second-order valence-electron chi connectivity index (χ2n) is 7.74. The van der Waals surface area contributed by atoms with E-state index in [0.29, 0.717) is 6.04 Å². The van der Waals surface area contributed by atoms with Gasteiger partial charge in [0.2, 0.25) is 0 Å². The van der Waals surface area contributed by atoms with Crippen molar-refractivity contribution in [2.24, 2.45) is 5.92 Å². The summed E-state index contributed by atoms with van der Waals surface area (Å²) in [5.41, 5.74) is 1.58. The van der Waals surface area contributed by atoms with E-state index in [1.807, 2.05) is 12.5 Å². The Kier molecular flexibility index (Phi) is 5.44. The van der Waals surface area contributed by atoms with Crippen LogP contribution in [0.2, 0.25) is 0 Å². The largest absolute Gasteiger partial charge is 0.331 e. The van der Waals surface area contributed by atoms with E-state index >= 15 is 0 Å². The maximum Gasteiger partial charge on any atom is 0.0951 e. The van der Waals surface area contributed by atoms with Crippen LogP contribution in [0.25, 0.3) is 0 Å². The SMILES string of the molecule is CC(C)n1cncc1CN1CCC(CNC(C)(C)C)CC1. The molecule has 1 aromatic rings. The number of piperidine rings is 1. The Morgan fingerprint density at radius 1 is 1.29 bits per heavy atom. The van der Waals surface area contributed by atoms with E-state index in [1.54, 1.807) is 0 Å². The van der Waals surface area contributed by atoms with Crippen molar-refractivity contribution in [1.29, 1.82) is 0 Å². The van der Waals surface area contributed by atoms with Crippen LogP contribution in [-0.4, -0.2) is 39.6 Å². The van der Waals surface area contributed by atoms with Crippen LogP contribution in [0.4, 0.5) is 0 Å². The van der Waals surface area contributed by atoms with Gasteiger partial charge in [0.25, 0.3) is 0 Å². The summed E-state index contributed by atoms with van der Waals surface area (Å²) in [5, 5.41) is 3.64. The van der Waals surface area contributed by atoms with Crippen molar-refractivity contribution in [3.63, 3.8) is 0 Å². The molecule has 4 heteroatoms. The maximum absolute atomic E-state index is 4.31. The Balaban J connectivity index is 1.78. The lowest BCUT2D eigenvalue weighted by Crippen LogP contribution is -2.42. The molecule has 0 amide bonds. The lowest BCUT2D eigenvalue weighted by Gasteiger charge is -2.34. The van der Waals surface area contributed by atoms with Crippen molar-refractivity contribution in [2.45, 2.75) is 65.6 Å². The molecule has 2 rings (SSSR count). The molecule has 1 fully saturated rings. The number of nitrogens with zero attached hydrogens (tertiary/aromatic N) is 3. The zero-order valence-corrected chi connectivity index (χ0v) is 14.4. The summed E-state index contributed by atoms with van der Waals surface area (Å²) in [6.45, 7) is 15.8. The fourth-order valence-electron chi connectivity index (χ4n) is 2.95. The molecule has 0 aliphatic carbocycles. The van der Waals surface area contributed by atoms with Gasteiger partial charge in [-0.05, 0) is 73.0 Å². The number of hydrogen-bond acceptors (Lipinski definition) is 3. The third-order valence-electron chi connectivity index (χ3n) is 4.32. The second-order valence-corrected chi connectivity index (χ2v) is 7.74. The van der Waals surface area contributed by atoms with Gasteiger partial charge in [-0.3, -0.25) is 4.90 Å². The minimum absolute atomic E-state index is 0.237. The average Bonchev–Trinajstić information content (AvgIpc) is 2.85. The normalized spacial score (nSPS) is 18.6. The first kappa shape index (κ1) is 16.5. The number of nitrogens with one attached hydrogen (secondary N) is 1. The number of aromatic nitrogens is 2. The van der Waals surface area contributed by atoms with Crippen LogP contribution >= 0.6 is 0 Å². The summed E-state index contributed by atoms with van der Waals surface area (Å²) in [7, 11) is 0. The van der Waals surface area contributed by atoms with E-state index in [9.17, 15) is 0 Å². The first-order valence-corrected chi connectivity index (χ1v) is 8.33. The molecule has 0 aromatic carbocycles. The molecule has 1 aliphatic heterocycles. The first-order chi connectivity index (χ1) is 9.85. The van der Waals surface area contributed by atoms with E-state index in [2.05, 4.69) is 54.4 Å². The van der Waals surface area contributed by atoms with Crippen LogP contribution in [-0.2, 0) is 6.54 Å². The van der Waals surface area contributed by atoms with Crippen molar-refractivity contribution in [3.8, 4) is 0 Å². The highest BCUT2D eigenvalue weighted by atomic mass is 15.2. The van der Waals surface area contributed by atoms with E-state index in [1.165, 1.54) is 31.6 Å². The van der Waals surface area contributed by atoms with Crippen LogP contribution in [0.15, 0.2) is 12.5 Å². The molecular formula is C17H32N4. The van der Waals surface area contributed by atoms with Gasteiger partial charge in [0, 0.05) is 24.3 Å². The van der Waals surface area contributed by atoms with Crippen molar-refractivity contribution in [3.05, 3.63) is 18.2 Å². The zero-order valence-electron chi connectivity index (χ0n) is 14.4. The summed E-state index contributed by atoms with van der Waals surface area (Å²) < 4.78 is 2.28. The minimum Gasteiger partial charge on any atom is -0.331 e. The van der Waals surface area contributed by atoms with Crippen molar-refractivity contribution < 1.29 is 0 Å². The van der Waals surface area contributed by atoms with Crippen LogP contribution in [0.5, 0.6) is 0 Å². The monoisotopic (exact) mass is 292 g/mol. The predicted octanol–water partition coefficient (Wildman–Crippen LogP) is 3.06. The predicted molar refractivity (Wildman–Crippen MR) is 88.4 cm³/mol. The molecular weight excluding hydrogens is 260 g/mol. The highest BCUT2D eigenvalue weighted by Gasteiger charge is 2.21. The van der Waals surface area contributed by atoms with E-state index in [4.69, 9.17) is 0 Å². The molecule has 0 radical (unpaired) electrons. The van der Waals surface area contributed by atoms with Gasteiger partial charge in [-0.25, -0.2) is 4.98 Å². The van der Waals surface area contributed by atoms with Gasteiger partial charge in [0.1, 0.15) is 0 Å². The van der Waals surface area contributed by atoms with E-state index < -0.39 is 0 Å². The second kappa shape index (κ2) is 6.93. The first-order valence-electron chi connectivity index (χ1n) is 8.33. The third kappa shape index (κ3) is 5.11. The number of imidazole rings is 1. The third-order valence-corrected chi connectivity index (χ3v) is 4.32. The van der Waals surface area contributed by atoms with Crippen LogP contribution < -0.4 is 5.32 Å². The summed E-state index contributed by atoms with van der Waals surface area (Å²) in [6, 6.07) is 0.496.